The summed E-state index contributed by atoms with van der Waals surface area (Å²) in [6.07, 6.45) is 0. The number of hydrogen-bond acceptors (Lipinski definition) is 6. The second-order valence-electron chi connectivity index (χ2n) is 4.25. The quantitative estimate of drug-likeness (QED) is 0.899. The van der Waals surface area contributed by atoms with Gasteiger partial charge in [0.15, 0.2) is 0 Å². The highest BCUT2D eigenvalue weighted by molar-refractivity contribution is 7.09. The van der Waals surface area contributed by atoms with Crippen LogP contribution in [0.2, 0.25) is 0 Å². The number of aromatic nitrogens is 3. The maximum absolute atomic E-state index is 5.36. The molecule has 1 N–H and O–H groups in total. The number of ether oxygens (including phenoxy) is 1. The molecule has 0 aliphatic carbocycles. The van der Waals surface area contributed by atoms with Gasteiger partial charge in [0.05, 0.1) is 7.11 Å². The van der Waals surface area contributed by atoms with Crippen molar-refractivity contribution in [3.05, 3.63) is 29.3 Å². The second kappa shape index (κ2) is 5.77. The van der Waals surface area contributed by atoms with Gasteiger partial charge in [0.1, 0.15) is 5.75 Å². The van der Waals surface area contributed by atoms with Crippen LogP contribution in [0.4, 0.5) is 5.13 Å². The van der Waals surface area contributed by atoms with E-state index in [2.05, 4.69) is 46.1 Å². The van der Waals surface area contributed by atoms with Gasteiger partial charge in [-0.3, -0.25) is 0 Å². The van der Waals surface area contributed by atoms with E-state index >= 15 is 0 Å². The van der Waals surface area contributed by atoms with Crippen molar-refractivity contribution < 1.29 is 4.74 Å². The van der Waals surface area contributed by atoms with Crippen LogP contribution in [-0.4, -0.2) is 21.9 Å². The highest BCUT2D eigenvalue weighted by atomic mass is 32.1. The van der Waals surface area contributed by atoms with Crippen molar-refractivity contribution in [2.75, 3.05) is 12.4 Å². The largest absolute Gasteiger partial charge is 0.496 e. The molecule has 2 aromatic rings. The van der Waals surface area contributed by atoms with Gasteiger partial charge in [0.25, 0.3) is 0 Å². The maximum Gasteiger partial charge on any atom is 0.225 e. The zero-order chi connectivity index (χ0) is 13.0. The summed E-state index contributed by atoms with van der Waals surface area (Å²) in [6, 6.07) is 6.26. The average molecular weight is 264 g/mol. The topological polar surface area (TPSA) is 59.9 Å². The molecule has 1 heterocycles. The fraction of sp³-hybridized carbons (Fsp3) is 0.417. The Hall–Kier alpha value is -1.69. The second-order valence-corrected chi connectivity index (χ2v) is 4.98. The number of nitrogens with one attached hydrogen (secondary N) is 1. The fourth-order valence-electron chi connectivity index (χ4n) is 1.67. The lowest BCUT2D eigenvalue weighted by Gasteiger charge is -2.12. The van der Waals surface area contributed by atoms with Gasteiger partial charge >= 0.3 is 0 Å². The Balaban J connectivity index is 2.16. The molecular formula is C12H16N4OS. The predicted molar refractivity (Wildman–Crippen MR) is 72.1 cm³/mol. The van der Waals surface area contributed by atoms with E-state index in [0.717, 1.165) is 11.3 Å². The van der Waals surface area contributed by atoms with Crippen LogP contribution in [-0.2, 0) is 6.54 Å². The Morgan fingerprint density at radius 2 is 2.22 bits per heavy atom. The molecule has 0 amide bonds. The van der Waals surface area contributed by atoms with Gasteiger partial charge in [-0.15, -0.1) is 0 Å². The van der Waals surface area contributed by atoms with E-state index in [1.165, 1.54) is 17.1 Å². The molecule has 0 radical (unpaired) electrons. The number of methoxy groups -OCH3 is 1. The molecule has 0 bridgehead atoms. The normalized spacial score (nSPS) is 10.7. The molecule has 96 valence electrons. The molecule has 0 atom stereocenters. The molecule has 6 heteroatoms. The molecule has 2 rings (SSSR count). The van der Waals surface area contributed by atoms with Crippen molar-refractivity contribution in [2.24, 2.45) is 0 Å². The summed E-state index contributed by atoms with van der Waals surface area (Å²) in [6.45, 7) is 5.00. The van der Waals surface area contributed by atoms with E-state index in [1.807, 2.05) is 6.07 Å². The van der Waals surface area contributed by atoms with E-state index in [0.29, 0.717) is 17.6 Å². The van der Waals surface area contributed by atoms with E-state index in [1.54, 1.807) is 7.11 Å². The molecule has 0 saturated carbocycles. The van der Waals surface area contributed by atoms with Gasteiger partial charge in [0, 0.05) is 23.6 Å². The summed E-state index contributed by atoms with van der Waals surface area (Å²) in [7, 11) is 1.68. The summed E-state index contributed by atoms with van der Waals surface area (Å²) in [5, 5.41) is 11.3. The third-order valence-electron chi connectivity index (χ3n) is 2.70. The minimum atomic E-state index is 0.498. The molecule has 1 aromatic heterocycles. The van der Waals surface area contributed by atoms with Crippen molar-refractivity contribution >= 4 is 16.7 Å². The fourth-order valence-corrected chi connectivity index (χ4v) is 2.03. The van der Waals surface area contributed by atoms with Crippen LogP contribution in [0.25, 0.3) is 0 Å². The first-order valence-corrected chi connectivity index (χ1v) is 6.53. The standard InChI is InChI=1S/C12H16N4OS/c1-8(2)9-4-5-11(17-3)10(6-9)7-13-12-14-15-16-18-12/h4-6,8H,7H2,1-3H3,(H,13,14,16). The molecule has 0 aliphatic heterocycles. The zero-order valence-corrected chi connectivity index (χ0v) is 11.5. The minimum Gasteiger partial charge on any atom is -0.496 e. The molecule has 0 aliphatic rings. The van der Waals surface area contributed by atoms with Crippen molar-refractivity contribution in [3.8, 4) is 5.75 Å². The summed E-state index contributed by atoms with van der Waals surface area (Å²) < 4.78 is 9.07. The molecule has 18 heavy (non-hydrogen) atoms. The molecule has 1 aromatic carbocycles. The Morgan fingerprint density at radius 1 is 1.39 bits per heavy atom. The molecule has 0 spiro atoms. The van der Waals surface area contributed by atoms with Crippen LogP contribution in [0.15, 0.2) is 18.2 Å². The van der Waals surface area contributed by atoms with Crippen molar-refractivity contribution in [1.82, 2.24) is 14.8 Å². The average Bonchev–Trinajstić information content (AvgIpc) is 2.89. The lowest BCUT2D eigenvalue weighted by molar-refractivity contribution is 0.410. The van der Waals surface area contributed by atoms with Gasteiger partial charge in [-0.25, -0.2) is 0 Å². The van der Waals surface area contributed by atoms with Gasteiger partial charge in [-0.1, -0.05) is 35.6 Å². The van der Waals surface area contributed by atoms with Crippen LogP contribution >= 0.6 is 11.5 Å². The Morgan fingerprint density at radius 3 is 2.83 bits per heavy atom. The van der Waals surface area contributed by atoms with E-state index < -0.39 is 0 Å². The first kappa shape index (κ1) is 12.8. The highest BCUT2D eigenvalue weighted by Crippen LogP contribution is 2.25. The summed E-state index contributed by atoms with van der Waals surface area (Å²) in [4.78, 5) is 0. The third kappa shape index (κ3) is 2.95. The smallest absolute Gasteiger partial charge is 0.225 e. The molecule has 0 saturated heterocycles. The van der Waals surface area contributed by atoms with Crippen LogP contribution in [0.3, 0.4) is 0 Å². The van der Waals surface area contributed by atoms with Crippen LogP contribution in [0, 0.1) is 0 Å². The number of anilines is 1. The SMILES string of the molecule is COc1ccc(C(C)C)cc1CNc1nnns1. The minimum absolute atomic E-state index is 0.498. The van der Waals surface area contributed by atoms with Crippen LogP contribution in [0.5, 0.6) is 5.75 Å². The Kier molecular flexibility index (Phi) is 4.09. The van der Waals surface area contributed by atoms with Crippen LogP contribution in [0.1, 0.15) is 30.9 Å². The predicted octanol–water partition coefficient (Wildman–Crippen LogP) is 2.68. The van der Waals surface area contributed by atoms with Gasteiger partial charge < -0.3 is 10.1 Å². The number of nitrogens with zero attached hydrogens (tertiary/aromatic N) is 3. The molecule has 0 fully saturated rings. The number of hydrogen-bond donors (Lipinski definition) is 1. The van der Waals surface area contributed by atoms with E-state index in [9.17, 15) is 0 Å². The lowest BCUT2D eigenvalue weighted by Crippen LogP contribution is -2.03. The van der Waals surface area contributed by atoms with Gasteiger partial charge in [0.2, 0.25) is 5.13 Å². The van der Waals surface area contributed by atoms with Crippen molar-refractivity contribution in [1.29, 1.82) is 0 Å². The van der Waals surface area contributed by atoms with Crippen LogP contribution < -0.4 is 10.1 Å². The molecule has 5 nitrogen and oxygen atoms in total. The first-order valence-electron chi connectivity index (χ1n) is 5.76. The Bertz CT molecular complexity index is 499. The Labute approximate surface area is 110 Å². The third-order valence-corrected chi connectivity index (χ3v) is 3.25. The van der Waals surface area contributed by atoms with E-state index in [-0.39, 0.29) is 0 Å². The monoisotopic (exact) mass is 264 g/mol. The number of benzene rings is 1. The molecular weight excluding hydrogens is 248 g/mol. The van der Waals surface area contributed by atoms with Gasteiger partial charge in [-0.2, -0.15) is 0 Å². The zero-order valence-electron chi connectivity index (χ0n) is 10.7. The molecule has 0 unspecified atom stereocenters. The van der Waals surface area contributed by atoms with Crippen molar-refractivity contribution in [2.45, 2.75) is 26.3 Å². The highest BCUT2D eigenvalue weighted by Gasteiger charge is 2.07. The van der Waals surface area contributed by atoms with Gasteiger partial charge in [-0.05, 0) is 22.8 Å². The summed E-state index contributed by atoms with van der Waals surface area (Å²) in [5.74, 6) is 1.38. The van der Waals surface area contributed by atoms with Crippen molar-refractivity contribution in [3.63, 3.8) is 0 Å². The summed E-state index contributed by atoms with van der Waals surface area (Å²) in [5.41, 5.74) is 2.40. The lowest BCUT2D eigenvalue weighted by atomic mass is 10.0. The summed E-state index contributed by atoms with van der Waals surface area (Å²) >= 11 is 1.24. The maximum atomic E-state index is 5.36. The first-order chi connectivity index (χ1) is 8.70. The van der Waals surface area contributed by atoms with E-state index in [4.69, 9.17) is 4.74 Å². The number of rotatable bonds is 5.